The molecular weight excluding hydrogens is 388 g/mol. The molecule has 1 saturated heterocycles. The van der Waals surface area contributed by atoms with E-state index in [-0.39, 0.29) is 33.0 Å². The van der Waals surface area contributed by atoms with Gasteiger partial charge in [0.05, 0.1) is 12.1 Å². The number of amides is 4. The lowest BCUT2D eigenvalue weighted by molar-refractivity contribution is 0.203. The molecule has 3 N–H and O–H groups in total. The Balaban J connectivity index is 0.00000240. The number of urea groups is 2. The Labute approximate surface area is 189 Å². The molecule has 1 aliphatic carbocycles. The van der Waals surface area contributed by atoms with Crippen LogP contribution in [0.15, 0.2) is 30.3 Å². The molecule has 5 radical (unpaired) electrons. The van der Waals surface area contributed by atoms with Crippen LogP contribution in [0.4, 0.5) is 9.59 Å². The minimum absolute atomic E-state index is 0. The van der Waals surface area contributed by atoms with Crippen molar-refractivity contribution in [3.63, 3.8) is 0 Å². The van der Waals surface area contributed by atoms with Gasteiger partial charge in [0.1, 0.15) is 0 Å². The molecule has 2 atom stereocenters. The predicted molar refractivity (Wildman–Crippen MR) is 126 cm³/mol. The van der Waals surface area contributed by atoms with Crippen molar-refractivity contribution < 1.29 is 9.59 Å². The Bertz CT molecular complexity index is 644. The highest BCUT2D eigenvalue weighted by molar-refractivity contribution is 5.76. The number of nitrogens with one attached hydrogen (secondary N) is 3. The number of hydrogen-bond donors (Lipinski definition) is 3. The molecule has 171 valence electrons. The molecule has 6 heteroatoms. The number of hydrogen-bond acceptors (Lipinski definition) is 2. The number of rotatable bonds is 5. The van der Waals surface area contributed by atoms with Crippen LogP contribution in [0.5, 0.6) is 0 Å². The van der Waals surface area contributed by atoms with E-state index in [0.717, 1.165) is 31.4 Å². The van der Waals surface area contributed by atoms with E-state index in [9.17, 15) is 9.59 Å². The minimum atomic E-state index is -0.0961. The first kappa shape index (κ1) is 26.8. The standard InChI is InChI=1S/C23H35N4O2.2CH2/c1-18(20-10-6-5-7-11-20)25-23(29)27-15-14-19(17-27)16-24-22(28)26-21-12-8-3-2-4-9-13-21;;/h5-7,10-11,18-19H,2-4,8-9,12-17H2,1H3,(H,25,29)(H2,24,26,28);2*1H2. The summed E-state index contributed by atoms with van der Waals surface area (Å²) >= 11 is 0. The van der Waals surface area contributed by atoms with E-state index in [2.05, 4.69) is 16.0 Å². The number of likely N-dealkylation sites (tertiary alicyclic amines) is 1. The van der Waals surface area contributed by atoms with E-state index in [1.165, 1.54) is 38.1 Å². The maximum atomic E-state index is 12.5. The zero-order chi connectivity index (χ0) is 20.5. The molecule has 2 unspecified atom stereocenters. The maximum Gasteiger partial charge on any atom is 0.317 e. The maximum absolute atomic E-state index is 12.5. The lowest BCUT2D eigenvalue weighted by Crippen LogP contribution is -2.42. The van der Waals surface area contributed by atoms with Crippen molar-refractivity contribution in [3.8, 4) is 0 Å². The van der Waals surface area contributed by atoms with Gasteiger partial charge in [-0.15, -0.1) is 0 Å². The minimum Gasteiger partial charge on any atom is -0.338 e. The molecular formula is C25H39N4O2. The van der Waals surface area contributed by atoms with Gasteiger partial charge in [-0.3, -0.25) is 0 Å². The highest BCUT2D eigenvalue weighted by Gasteiger charge is 2.27. The van der Waals surface area contributed by atoms with Gasteiger partial charge in [0.25, 0.3) is 0 Å². The molecule has 3 rings (SSSR count). The van der Waals surface area contributed by atoms with Crippen molar-refractivity contribution in [2.24, 2.45) is 5.92 Å². The summed E-state index contributed by atoms with van der Waals surface area (Å²) in [5.74, 6) is 0.306. The van der Waals surface area contributed by atoms with Gasteiger partial charge in [0, 0.05) is 19.6 Å². The van der Waals surface area contributed by atoms with Gasteiger partial charge in [-0.25, -0.2) is 9.59 Å². The van der Waals surface area contributed by atoms with E-state index in [1.54, 1.807) is 0 Å². The van der Waals surface area contributed by atoms with Crippen LogP contribution < -0.4 is 16.0 Å². The van der Waals surface area contributed by atoms with Crippen LogP contribution in [0.2, 0.25) is 0 Å². The van der Waals surface area contributed by atoms with Crippen LogP contribution in [0.25, 0.3) is 0 Å². The number of benzene rings is 1. The van der Waals surface area contributed by atoms with E-state index in [4.69, 9.17) is 0 Å². The molecule has 0 spiro atoms. The van der Waals surface area contributed by atoms with Crippen LogP contribution >= 0.6 is 0 Å². The molecule has 1 heterocycles. The average Bonchev–Trinajstić information content (AvgIpc) is 3.18. The lowest BCUT2D eigenvalue weighted by atomic mass is 9.97. The molecule has 6 nitrogen and oxygen atoms in total. The summed E-state index contributed by atoms with van der Waals surface area (Å²) in [5.41, 5.74) is 1.10. The van der Waals surface area contributed by atoms with E-state index >= 15 is 0 Å². The monoisotopic (exact) mass is 427 g/mol. The topological polar surface area (TPSA) is 73.5 Å². The van der Waals surface area contributed by atoms with Gasteiger partial charge >= 0.3 is 12.1 Å². The molecule has 1 aromatic carbocycles. The summed E-state index contributed by atoms with van der Waals surface area (Å²) in [7, 11) is 0. The fourth-order valence-corrected chi connectivity index (χ4v) is 4.18. The first-order valence-corrected chi connectivity index (χ1v) is 11.1. The number of nitrogens with zero attached hydrogens (tertiary/aromatic N) is 1. The summed E-state index contributed by atoms with van der Waals surface area (Å²) in [6, 6.07) is 11.0. The average molecular weight is 428 g/mol. The molecule has 0 aromatic heterocycles. The molecule has 1 saturated carbocycles. The third kappa shape index (κ3) is 8.80. The van der Waals surface area contributed by atoms with Gasteiger partial charge in [-0.2, -0.15) is 0 Å². The number of carbonyl (C=O) groups excluding carboxylic acids is 2. The number of carbonyl (C=O) groups is 2. The lowest BCUT2D eigenvalue weighted by Gasteiger charge is -2.22. The first-order chi connectivity index (χ1) is 14.1. The predicted octanol–water partition coefficient (Wildman–Crippen LogP) is 5.01. The second-order valence-corrected chi connectivity index (χ2v) is 8.39. The SMILES string of the molecule is CC(NC(=O)N1CCC(CNC(=O)N[C]2CCCCCCC2)C1)c1ccccc1.[CH2].[CH2]. The van der Waals surface area contributed by atoms with Crippen molar-refractivity contribution in [2.45, 2.75) is 64.3 Å². The Kier molecular flexibility index (Phi) is 12.1. The molecule has 1 aromatic rings. The van der Waals surface area contributed by atoms with E-state index < -0.39 is 0 Å². The molecule has 2 fully saturated rings. The van der Waals surface area contributed by atoms with Crippen LogP contribution in [-0.2, 0) is 0 Å². The highest BCUT2D eigenvalue weighted by Crippen LogP contribution is 2.22. The quantitative estimate of drug-likeness (QED) is 0.618. The zero-order valence-electron chi connectivity index (χ0n) is 19.0. The van der Waals surface area contributed by atoms with Crippen LogP contribution in [0, 0.1) is 26.8 Å². The molecule has 31 heavy (non-hydrogen) atoms. The normalized spacial score (nSPS) is 20.3. The van der Waals surface area contributed by atoms with Crippen LogP contribution in [0.1, 0.15) is 69.9 Å². The molecule has 4 amide bonds. The third-order valence-corrected chi connectivity index (χ3v) is 6.01. The summed E-state index contributed by atoms with van der Waals surface area (Å²) in [4.78, 5) is 26.7. The second kappa shape index (κ2) is 13.9. The summed E-state index contributed by atoms with van der Waals surface area (Å²) < 4.78 is 0. The summed E-state index contributed by atoms with van der Waals surface area (Å²) in [6.45, 7) is 4.03. The largest absolute Gasteiger partial charge is 0.338 e. The Morgan fingerprint density at radius 1 is 1.03 bits per heavy atom. The van der Waals surface area contributed by atoms with Crippen molar-refractivity contribution in [1.29, 1.82) is 0 Å². The molecule has 1 aliphatic heterocycles. The van der Waals surface area contributed by atoms with Gasteiger partial charge in [-0.05, 0) is 37.7 Å². The van der Waals surface area contributed by atoms with Gasteiger partial charge in [0.15, 0.2) is 0 Å². The van der Waals surface area contributed by atoms with Crippen molar-refractivity contribution in [3.05, 3.63) is 56.8 Å². The van der Waals surface area contributed by atoms with Crippen LogP contribution in [-0.4, -0.2) is 36.6 Å². The summed E-state index contributed by atoms with van der Waals surface area (Å²) in [5, 5.41) is 9.14. The Hall–Kier alpha value is -2.24. The molecule has 2 aliphatic rings. The third-order valence-electron chi connectivity index (χ3n) is 6.01. The second-order valence-electron chi connectivity index (χ2n) is 8.39. The van der Waals surface area contributed by atoms with Crippen molar-refractivity contribution in [1.82, 2.24) is 20.9 Å². The van der Waals surface area contributed by atoms with E-state index in [0.29, 0.717) is 19.0 Å². The first-order valence-electron chi connectivity index (χ1n) is 11.1. The van der Waals surface area contributed by atoms with Gasteiger partial charge < -0.3 is 20.9 Å². The van der Waals surface area contributed by atoms with Gasteiger partial charge in [0.2, 0.25) is 0 Å². The molecule has 0 bridgehead atoms. The Morgan fingerprint density at radius 3 is 2.35 bits per heavy atom. The fraction of sp³-hybridized carbons (Fsp3) is 0.560. The highest BCUT2D eigenvalue weighted by atomic mass is 16.2. The summed E-state index contributed by atoms with van der Waals surface area (Å²) in [6.07, 6.45) is 9.10. The van der Waals surface area contributed by atoms with Crippen molar-refractivity contribution in [2.75, 3.05) is 19.6 Å². The van der Waals surface area contributed by atoms with Crippen molar-refractivity contribution >= 4 is 12.1 Å². The van der Waals surface area contributed by atoms with E-state index in [1.807, 2.05) is 42.2 Å². The Morgan fingerprint density at radius 2 is 1.68 bits per heavy atom. The zero-order valence-corrected chi connectivity index (χ0v) is 19.0. The smallest absolute Gasteiger partial charge is 0.317 e. The fourth-order valence-electron chi connectivity index (χ4n) is 4.18. The van der Waals surface area contributed by atoms with Gasteiger partial charge in [-0.1, -0.05) is 77.3 Å². The van der Waals surface area contributed by atoms with Crippen LogP contribution in [0.3, 0.4) is 0 Å².